The number of nitrogens with one attached hydrogen (secondary N) is 1. The number of carbonyl (C=O) groups excluding carboxylic acids is 1. The normalized spacial score (nSPS) is 11.3. The highest BCUT2D eigenvalue weighted by molar-refractivity contribution is 7.22. The summed E-state index contributed by atoms with van der Waals surface area (Å²) >= 11 is 13.0. The molecule has 7 heteroatoms. The summed E-state index contributed by atoms with van der Waals surface area (Å²) in [5.41, 5.74) is 1.31. The fraction of sp³-hybridized carbons (Fsp3) is 0. The smallest absolute Gasteiger partial charge is 0.250 e. The van der Waals surface area contributed by atoms with Crippen LogP contribution in [-0.2, 0) is 4.79 Å². The van der Waals surface area contributed by atoms with Crippen molar-refractivity contribution < 1.29 is 9.18 Å². The van der Waals surface area contributed by atoms with Gasteiger partial charge in [0.05, 0.1) is 10.2 Å². The molecule has 0 saturated heterocycles. The highest BCUT2D eigenvalue weighted by atomic mass is 35.5. The number of halogens is 3. The Kier molecular flexibility index (Phi) is 4.61. The van der Waals surface area contributed by atoms with E-state index in [1.54, 1.807) is 30.3 Å². The molecular formula is C16H9Cl2FN2OS. The molecule has 0 atom stereocenters. The lowest BCUT2D eigenvalue weighted by atomic mass is 10.2. The molecule has 0 bridgehead atoms. The number of thiazole rings is 1. The summed E-state index contributed by atoms with van der Waals surface area (Å²) in [6, 6.07) is 9.28. The number of aromatic nitrogens is 1. The molecule has 0 aliphatic carbocycles. The van der Waals surface area contributed by atoms with Crippen LogP contribution < -0.4 is 5.32 Å². The van der Waals surface area contributed by atoms with Crippen molar-refractivity contribution in [1.29, 1.82) is 0 Å². The molecule has 0 fully saturated rings. The van der Waals surface area contributed by atoms with Crippen LogP contribution in [0.2, 0.25) is 10.0 Å². The van der Waals surface area contributed by atoms with Gasteiger partial charge in [0.15, 0.2) is 5.13 Å². The number of hydrogen-bond donors (Lipinski definition) is 1. The van der Waals surface area contributed by atoms with Gasteiger partial charge in [-0.05, 0) is 42.0 Å². The highest BCUT2D eigenvalue weighted by Crippen LogP contribution is 2.26. The van der Waals surface area contributed by atoms with E-state index in [1.807, 2.05) is 0 Å². The molecule has 0 radical (unpaired) electrons. The van der Waals surface area contributed by atoms with Gasteiger partial charge in [0.25, 0.3) is 0 Å². The topological polar surface area (TPSA) is 42.0 Å². The zero-order chi connectivity index (χ0) is 16.4. The predicted octanol–water partition coefficient (Wildman–Crippen LogP) is 5.39. The van der Waals surface area contributed by atoms with Crippen LogP contribution in [-0.4, -0.2) is 10.9 Å². The first-order valence-electron chi connectivity index (χ1n) is 6.51. The van der Waals surface area contributed by atoms with Gasteiger partial charge in [-0.3, -0.25) is 10.1 Å². The molecule has 0 spiro atoms. The second-order valence-corrected chi connectivity index (χ2v) is 6.49. The molecule has 3 rings (SSSR count). The Hall–Kier alpha value is -1.95. The minimum Gasteiger partial charge on any atom is -0.298 e. The summed E-state index contributed by atoms with van der Waals surface area (Å²) in [5, 5.41) is 4.03. The van der Waals surface area contributed by atoms with Crippen LogP contribution in [0.15, 0.2) is 42.5 Å². The van der Waals surface area contributed by atoms with E-state index in [9.17, 15) is 9.18 Å². The van der Waals surface area contributed by atoms with E-state index in [2.05, 4.69) is 10.3 Å². The van der Waals surface area contributed by atoms with Crippen LogP contribution in [0.25, 0.3) is 16.3 Å². The number of anilines is 1. The molecular weight excluding hydrogens is 358 g/mol. The maximum Gasteiger partial charge on any atom is 0.250 e. The molecule has 0 aliphatic rings. The minimum atomic E-state index is -0.351. The van der Waals surface area contributed by atoms with Crippen molar-refractivity contribution in [3.05, 3.63) is 63.9 Å². The number of hydrogen-bond acceptors (Lipinski definition) is 3. The summed E-state index contributed by atoms with van der Waals surface area (Å²) in [6.07, 6.45) is 2.93. The monoisotopic (exact) mass is 366 g/mol. The number of fused-ring (bicyclic) bond motifs is 1. The highest BCUT2D eigenvalue weighted by Gasteiger charge is 2.07. The number of carbonyl (C=O) groups is 1. The Balaban J connectivity index is 1.74. The first kappa shape index (κ1) is 15.9. The van der Waals surface area contributed by atoms with Gasteiger partial charge >= 0.3 is 0 Å². The zero-order valence-corrected chi connectivity index (χ0v) is 13.8. The van der Waals surface area contributed by atoms with Gasteiger partial charge in [0.2, 0.25) is 5.91 Å². The van der Waals surface area contributed by atoms with Gasteiger partial charge in [-0.2, -0.15) is 0 Å². The SMILES string of the molecule is O=C(/C=C/c1ccc(Cl)cc1Cl)Nc1nc2ccc(F)cc2s1. The maximum atomic E-state index is 13.1. The second-order valence-electron chi connectivity index (χ2n) is 4.62. The Morgan fingerprint density at radius 3 is 2.83 bits per heavy atom. The van der Waals surface area contributed by atoms with Crippen molar-refractivity contribution in [2.24, 2.45) is 0 Å². The number of benzene rings is 2. The zero-order valence-electron chi connectivity index (χ0n) is 11.5. The van der Waals surface area contributed by atoms with E-state index in [1.165, 1.54) is 29.5 Å². The van der Waals surface area contributed by atoms with Gasteiger partial charge in [0, 0.05) is 16.1 Å². The van der Waals surface area contributed by atoms with Crippen LogP contribution in [0.1, 0.15) is 5.56 Å². The molecule has 1 N–H and O–H groups in total. The summed E-state index contributed by atoms with van der Waals surface area (Å²) in [7, 11) is 0. The Morgan fingerprint density at radius 1 is 1.22 bits per heavy atom. The standard InChI is InChI=1S/C16H9Cl2FN2OS/c17-10-3-1-9(12(18)7-10)2-6-15(22)21-16-20-13-5-4-11(19)8-14(13)23-16/h1-8H,(H,20,21,22)/b6-2+. The van der Waals surface area contributed by atoms with Crippen LogP contribution in [0.4, 0.5) is 9.52 Å². The molecule has 116 valence electrons. The molecule has 1 heterocycles. The fourth-order valence-corrected chi connectivity index (χ4v) is 3.27. The van der Waals surface area contributed by atoms with E-state index in [4.69, 9.17) is 23.2 Å². The summed E-state index contributed by atoms with van der Waals surface area (Å²) in [5.74, 6) is -0.688. The summed E-state index contributed by atoms with van der Waals surface area (Å²) < 4.78 is 13.8. The first-order valence-corrected chi connectivity index (χ1v) is 8.09. The lowest BCUT2D eigenvalue weighted by Gasteiger charge is -1.99. The van der Waals surface area contributed by atoms with Crippen molar-refractivity contribution in [2.45, 2.75) is 0 Å². The van der Waals surface area contributed by atoms with Crippen LogP contribution in [0, 0.1) is 5.82 Å². The molecule has 0 saturated carbocycles. The molecule has 1 aromatic heterocycles. The van der Waals surface area contributed by atoms with E-state index in [0.717, 1.165) is 0 Å². The Morgan fingerprint density at radius 2 is 2.04 bits per heavy atom. The van der Waals surface area contributed by atoms with Crippen molar-refractivity contribution in [1.82, 2.24) is 4.98 Å². The third-order valence-corrected chi connectivity index (χ3v) is 4.45. The van der Waals surface area contributed by atoms with Crippen molar-refractivity contribution in [2.75, 3.05) is 5.32 Å². The van der Waals surface area contributed by atoms with Gasteiger partial charge in [-0.15, -0.1) is 0 Å². The van der Waals surface area contributed by atoms with Crippen LogP contribution in [0.5, 0.6) is 0 Å². The average molecular weight is 367 g/mol. The lowest BCUT2D eigenvalue weighted by Crippen LogP contribution is -2.07. The van der Waals surface area contributed by atoms with Gasteiger partial charge in [-0.1, -0.05) is 40.6 Å². The van der Waals surface area contributed by atoms with Crippen LogP contribution in [0.3, 0.4) is 0 Å². The van der Waals surface area contributed by atoms with Crippen LogP contribution >= 0.6 is 34.5 Å². The van der Waals surface area contributed by atoms with E-state index in [0.29, 0.717) is 31.0 Å². The first-order chi connectivity index (χ1) is 11.0. The quantitative estimate of drug-likeness (QED) is 0.631. The molecule has 1 amide bonds. The number of amides is 1. The molecule has 3 aromatic rings. The van der Waals surface area contributed by atoms with E-state index >= 15 is 0 Å². The summed E-state index contributed by atoms with van der Waals surface area (Å²) in [6.45, 7) is 0. The molecule has 2 aromatic carbocycles. The minimum absolute atomic E-state index is 0.337. The lowest BCUT2D eigenvalue weighted by molar-refractivity contribution is -0.111. The van der Waals surface area contributed by atoms with E-state index in [-0.39, 0.29) is 11.7 Å². The van der Waals surface area contributed by atoms with Crippen molar-refractivity contribution in [3.63, 3.8) is 0 Å². The average Bonchev–Trinajstić information content (AvgIpc) is 2.87. The number of nitrogens with zero attached hydrogens (tertiary/aromatic N) is 1. The Bertz CT molecular complexity index is 924. The van der Waals surface area contributed by atoms with Crippen molar-refractivity contribution >= 4 is 61.9 Å². The maximum absolute atomic E-state index is 13.1. The van der Waals surface area contributed by atoms with Crippen molar-refractivity contribution in [3.8, 4) is 0 Å². The van der Waals surface area contributed by atoms with E-state index < -0.39 is 0 Å². The largest absolute Gasteiger partial charge is 0.298 e. The molecule has 0 aliphatic heterocycles. The second kappa shape index (κ2) is 6.66. The predicted molar refractivity (Wildman–Crippen MR) is 93.7 cm³/mol. The molecule has 3 nitrogen and oxygen atoms in total. The third-order valence-electron chi connectivity index (χ3n) is 2.96. The number of rotatable bonds is 3. The third kappa shape index (κ3) is 3.88. The molecule has 23 heavy (non-hydrogen) atoms. The fourth-order valence-electron chi connectivity index (χ4n) is 1.90. The Labute approximate surface area is 145 Å². The van der Waals surface area contributed by atoms with Gasteiger partial charge in [-0.25, -0.2) is 9.37 Å². The van der Waals surface area contributed by atoms with Gasteiger partial charge < -0.3 is 0 Å². The molecule has 0 unspecified atom stereocenters. The van der Waals surface area contributed by atoms with Gasteiger partial charge in [0.1, 0.15) is 5.82 Å². The summed E-state index contributed by atoms with van der Waals surface area (Å²) in [4.78, 5) is 16.2.